The van der Waals surface area contributed by atoms with Gasteiger partial charge in [0, 0.05) is 21.8 Å². The lowest BCUT2D eigenvalue weighted by atomic mass is 9.93. The molecule has 6 aromatic rings. The summed E-state index contributed by atoms with van der Waals surface area (Å²) in [6.07, 6.45) is 10.6. The zero-order chi connectivity index (χ0) is 30.2. The van der Waals surface area contributed by atoms with Gasteiger partial charge in [0.05, 0.1) is 0 Å². The van der Waals surface area contributed by atoms with E-state index in [1.807, 2.05) is 48.5 Å². The zero-order valence-electron chi connectivity index (χ0n) is 23.1. The second-order valence-corrected chi connectivity index (χ2v) is 13.5. The van der Waals surface area contributed by atoms with Crippen molar-refractivity contribution in [2.24, 2.45) is 0 Å². The molecule has 43 heavy (non-hydrogen) atoms. The molecule has 0 aliphatic heterocycles. The molecule has 0 N–H and O–H groups in total. The average molecular weight is 886 g/mol. The van der Waals surface area contributed by atoms with Crippen molar-refractivity contribution >= 4 is 67.8 Å². The molecule has 0 bridgehead atoms. The predicted octanol–water partition coefficient (Wildman–Crippen LogP) is 11.8. The number of terminal acetylenes is 2. The number of rotatable bonds is 4. The largest absolute Gasteiger partial charge is 0.115 e. The Hall–Kier alpha value is -3.37. The summed E-state index contributed by atoms with van der Waals surface area (Å²) in [5, 5.41) is 0. The minimum atomic E-state index is 0.893. The van der Waals surface area contributed by atoms with Crippen LogP contribution < -0.4 is 0 Å². The highest BCUT2D eigenvalue weighted by atomic mass is 127. The third-order valence-corrected chi connectivity index (χ3v) is 9.06. The van der Waals surface area contributed by atoms with E-state index in [2.05, 4.69) is 171 Å². The van der Waals surface area contributed by atoms with Gasteiger partial charge in [0.2, 0.25) is 0 Å². The lowest BCUT2D eigenvalue weighted by Crippen LogP contribution is -1.87. The molecule has 0 heterocycles. The molecule has 0 spiro atoms. The maximum Gasteiger partial charge on any atom is 0.0243 e. The smallest absolute Gasteiger partial charge is 0.0243 e. The molecule has 3 heteroatoms. The molecule has 0 amide bonds. The van der Waals surface area contributed by atoms with Crippen LogP contribution in [0.3, 0.4) is 0 Å². The fraction of sp³-hybridized carbons (Fsp3) is 0. The van der Waals surface area contributed by atoms with E-state index >= 15 is 0 Å². The van der Waals surface area contributed by atoms with Gasteiger partial charge in [-0.25, -0.2) is 0 Å². The van der Waals surface area contributed by atoms with Crippen LogP contribution in [0, 0.1) is 35.4 Å². The molecule has 206 valence electrons. The molecule has 0 unspecified atom stereocenters. The molecule has 0 aliphatic rings. The molecule has 0 saturated heterocycles. The van der Waals surface area contributed by atoms with Crippen molar-refractivity contribution in [1.82, 2.24) is 0 Å². The van der Waals surface area contributed by atoms with Crippen molar-refractivity contribution in [3.8, 4) is 69.2 Å². The molecular formula is C40H25I3. The highest BCUT2D eigenvalue weighted by Crippen LogP contribution is 2.33. The summed E-state index contributed by atoms with van der Waals surface area (Å²) < 4.78 is 3.76. The molecule has 6 rings (SSSR count). The van der Waals surface area contributed by atoms with Crippen molar-refractivity contribution < 1.29 is 0 Å². The highest BCUT2D eigenvalue weighted by Gasteiger charge is 2.08. The molecular weight excluding hydrogens is 861 g/mol. The summed E-state index contributed by atoms with van der Waals surface area (Å²) in [7, 11) is 0. The van der Waals surface area contributed by atoms with E-state index < -0.39 is 0 Å². The number of benzene rings is 6. The topological polar surface area (TPSA) is 0 Å². The first-order chi connectivity index (χ1) is 20.9. The van der Waals surface area contributed by atoms with Crippen molar-refractivity contribution in [1.29, 1.82) is 0 Å². The van der Waals surface area contributed by atoms with Crippen molar-refractivity contribution in [3.63, 3.8) is 0 Å². The van der Waals surface area contributed by atoms with E-state index in [0.29, 0.717) is 0 Å². The van der Waals surface area contributed by atoms with Crippen LogP contribution in [-0.4, -0.2) is 0 Å². The Morgan fingerprint density at radius 2 is 0.512 bits per heavy atom. The highest BCUT2D eigenvalue weighted by molar-refractivity contribution is 14.1. The lowest BCUT2D eigenvalue weighted by Gasteiger charge is -2.12. The summed E-state index contributed by atoms with van der Waals surface area (Å²) >= 11 is 7.06. The first-order valence-electron chi connectivity index (χ1n) is 13.5. The van der Waals surface area contributed by atoms with Crippen LogP contribution in [0.5, 0.6) is 0 Å². The van der Waals surface area contributed by atoms with E-state index in [4.69, 9.17) is 12.8 Å². The van der Waals surface area contributed by atoms with Gasteiger partial charge in [0.1, 0.15) is 0 Å². The molecule has 0 atom stereocenters. The van der Waals surface area contributed by atoms with Gasteiger partial charge in [0.25, 0.3) is 0 Å². The third-order valence-electron chi connectivity index (χ3n) is 6.90. The Bertz CT molecular complexity index is 1690. The van der Waals surface area contributed by atoms with Gasteiger partial charge in [0.15, 0.2) is 0 Å². The molecule has 6 aromatic carbocycles. The van der Waals surface area contributed by atoms with Crippen LogP contribution in [0.2, 0.25) is 0 Å². The number of hydrogen-bond acceptors (Lipinski definition) is 0. The monoisotopic (exact) mass is 886 g/mol. The SMILES string of the molecule is C#Cc1ccc(-c2ccc(C#C)cc2)cc1.Ic1ccc(-c2cc(-c3ccc(I)cc3)cc(-c3ccc(I)cc3)c2)cc1. The van der Waals surface area contributed by atoms with E-state index in [1.54, 1.807) is 0 Å². The van der Waals surface area contributed by atoms with E-state index in [1.165, 1.54) is 44.1 Å². The summed E-state index contributed by atoms with van der Waals surface area (Å²) in [4.78, 5) is 0. The maximum atomic E-state index is 5.30. The Labute approximate surface area is 295 Å². The molecule has 0 saturated carbocycles. The molecule has 0 fully saturated rings. The quantitative estimate of drug-likeness (QED) is 0.122. The predicted molar refractivity (Wildman–Crippen MR) is 209 cm³/mol. The fourth-order valence-corrected chi connectivity index (χ4v) is 5.65. The van der Waals surface area contributed by atoms with Crippen molar-refractivity contribution in [2.45, 2.75) is 0 Å². The van der Waals surface area contributed by atoms with Gasteiger partial charge < -0.3 is 0 Å². The van der Waals surface area contributed by atoms with E-state index in [-0.39, 0.29) is 0 Å². The van der Waals surface area contributed by atoms with Crippen molar-refractivity contribution in [3.05, 3.63) is 161 Å². The Morgan fingerprint density at radius 3 is 0.744 bits per heavy atom. The molecule has 0 aromatic heterocycles. The zero-order valence-corrected chi connectivity index (χ0v) is 29.5. The number of hydrogen-bond donors (Lipinski definition) is 0. The fourth-order valence-electron chi connectivity index (χ4n) is 4.57. The summed E-state index contributed by atoms with van der Waals surface area (Å²) in [6, 6.07) is 48.9. The second kappa shape index (κ2) is 14.9. The van der Waals surface area contributed by atoms with Gasteiger partial charge in [-0.2, -0.15) is 0 Å². The summed E-state index contributed by atoms with van der Waals surface area (Å²) in [5.74, 6) is 5.19. The summed E-state index contributed by atoms with van der Waals surface area (Å²) in [5.41, 5.74) is 11.5. The first-order valence-corrected chi connectivity index (χ1v) is 16.7. The Morgan fingerprint density at radius 1 is 0.302 bits per heavy atom. The van der Waals surface area contributed by atoms with E-state index in [0.717, 1.165) is 22.3 Å². The van der Waals surface area contributed by atoms with Gasteiger partial charge in [-0.3, -0.25) is 0 Å². The van der Waals surface area contributed by atoms with Crippen LogP contribution in [0.1, 0.15) is 11.1 Å². The van der Waals surface area contributed by atoms with Crippen LogP contribution in [-0.2, 0) is 0 Å². The maximum absolute atomic E-state index is 5.30. The number of halogens is 3. The molecule has 0 nitrogen and oxygen atoms in total. The van der Waals surface area contributed by atoms with E-state index in [9.17, 15) is 0 Å². The van der Waals surface area contributed by atoms with Crippen LogP contribution in [0.4, 0.5) is 0 Å². The molecule has 0 aliphatic carbocycles. The summed E-state index contributed by atoms with van der Waals surface area (Å²) in [6.45, 7) is 0. The van der Waals surface area contributed by atoms with Gasteiger partial charge >= 0.3 is 0 Å². The van der Waals surface area contributed by atoms with Gasteiger partial charge in [-0.15, -0.1) is 12.8 Å². The van der Waals surface area contributed by atoms with Crippen LogP contribution in [0.15, 0.2) is 140 Å². The Kier molecular flexibility index (Phi) is 10.8. The Balaban J connectivity index is 0.000000196. The third kappa shape index (κ3) is 8.38. The van der Waals surface area contributed by atoms with Crippen LogP contribution in [0.25, 0.3) is 44.5 Å². The van der Waals surface area contributed by atoms with Crippen LogP contribution >= 0.6 is 67.8 Å². The average Bonchev–Trinajstić information content (AvgIpc) is 3.06. The lowest BCUT2D eigenvalue weighted by molar-refractivity contribution is 1.54. The minimum Gasteiger partial charge on any atom is -0.115 e. The van der Waals surface area contributed by atoms with Crippen molar-refractivity contribution in [2.75, 3.05) is 0 Å². The van der Waals surface area contributed by atoms with Gasteiger partial charge in [-0.05, 0) is 191 Å². The first kappa shape index (κ1) is 31.1. The normalized spacial score (nSPS) is 10.2. The van der Waals surface area contributed by atoms with Gasteiger partial charge in [-0.1, -0.05) is 72.5 Å². The molecule has 0 radical (unpaired) electrons. The standard InChI is InChI=1S/C24H15I3.C16H10/c25-22-7-1-16(2-8-22)19-13-20(17-3-9-23(26)10-4-17)15-21(14-19)18-5-11-24(27)12-6-18;1-3-13-5-9-15(10-6-13)16-11-7-14(4-2)8-12-16/h1-15H;1-2,5-12H. The second-order valence-electron chi connectivity index (χ2n) is 9.76. The minimum absolute atomic E-state index is 0.893.